The Morgan fingerprint density at radius 1 is 1.10 bits per heavy atom. The van der Waals surface area contributed by atoms with Crippen molar-refractivity contribution in [3.8, 4) is 11.4 Å². The van der Waals surface area contributed by atoms with Crippen molar-refractivity contribution in [1.29, 1.82) is 0 Å². The first kappa shape index (κ1) is 23.4. The van der Waals surface area contributed by atoms with Crippen LogP contribution in [0.4, 0.5) is 5.95 Å². The molecule has 3 aromatic heterocycles. The number of hydrogen-bond acceptors (Lipinski definition) is 9. The zero-order valence-electron chi connectivity index (χ0n) is 17.9. The summed E-state index contributed by atoms with van der Waals surface area (Å²) in [6.07, 6.45) is 6.71. The Morgan fingerprint density at radius 3 is 2.42 bits per heavy atom. The molecule has 9 nitrogen and oxygen atoms in total. The third-order valence-electron chi connectivity index (χ3n) is 4.79. The summed E-state index contributed by atoms with van der Waals surface area (Å²) in [5.74, 6) is 2.13. The van der Waals surface area contributed by atoms with E-state index in [0.717, 1.165) is 11.4 Å². The van der Waals surface area contributed by atoms with Gasteiger partial charge in [0.2, 0.25) is 5.95 Å². The summed E-state index contributed by atoms with van der Waals surface area (Å²) in [5.41, 5.74) is 0.862. The van der Waals surface area contributed by atoms with Gasteiger partial charge in [0.1, 0.15) is 5.82 Å². The zero-order valence-corrected chi connectivity index (χ0v) is 19.5. The van der Waals surface area contributed by atoms with Crippen LogP contribution in [0.1, 0.15) is 31.6 Å². The van der Waals surface area contributed by atoms with Gasteiger partial charge < -0.3 is 9.47 Å². The number of methoxy groups -OCH3 is 2. The third kappa shape index (κ3) is 5.91. The minimum absolute atomic E-state index is 0.0951. The number of aromatic nitrogens is 6. The fourth-order valence-electron chi connectivity index (χ4n) is 3.00. The summed E-state index contributed by atoms with van der Waals surface area (Å²) in [7, 11) is 3.32. The van der Waals surface area contributed by atoms with Gasteiger partial charge in [-0.05, 0) is 24.1 Å². The summed E-state index contributed by atoms with van der Waals surface area (Å²) in [6.45, 7) is 5.07. The Balaban J connectivity index is 1.83. The first-order valence-electron chi connectivity index (χ1n) is 9.77. The number of nitrogens with zero attached hydrogens (tertiary/aromatic N) is 6. The van der Waals surface area contributed by atoms with E-state index in [2.05, 4.69) is 43.7 Å². The normalized spacial score (nSPS) is 13.4. The lowest BCUT2D eigenvalue weighted by atomic mass is 10.1. The van der Waals surface area contributed by atoms with E-state index in [1.165, 1.54) is 11.9 Å². The summed E-state index contributed by atoms with van der Waals surface area (Å²) in [4.78, 5) is 12.9. The van der Waals surface area contributed by atoms with E-state index in [1.807, 2.05) is 16.7 Å². The molecule has 0 saturated carbocycles. The van der Waals surface area contributed by atoms with Crippen molar-refractivity contribution in [1.82, 2.24) is 29.7 Å². The first-order valence-corrected chi connectivity index (χ1v) is 11.0. The SMILES string of the molecule is COCC(COC)n1c(NS[C@@H](C)C(C)c2ncc(Cl)cn2)nnc1-c1cccnc1. The van der Waals surface area contributed by atoms with E-state index >= 15 is 0 Å². The highest BCUT2D eigenvalue weighted by Gasteiger charge is 2.24. The van der Waals surface area contributed by atoms with Crippen molar-refractivity contribution in [2.45, 2.75) is 31.1 Å². The maximum absolute atomic E-state index is 5.90. The van der Waals surface area contributed by atoms with Crippen LogP contribution in [0.3, 0.4) is 0 Å². The fourth-order valence-corrected chi connectivity index (χ4v) is 3.85. The van der Waals surface area contributed by atoms with Crippen molar-refractivity contribution in [3.63, 3.8) is 0 Å². The first-order chi connectivity index (χ1) is 15.0. The van der Waals surface area contributed by atoms with Crippen molar-refractivity contribution < 1.29 is 9.47 Å². The van der Waals surface area contributed by atoms with E-state index < -0.39 is 0 Å². The Bertz CT molecular complexity index is 936. The quantitative estimate of drug-likeness (QED) is 0.424. The molecule has 3 aromatic rings. The van der Waals surface area contributed by atoms with Crippen LogP contribution in [0, 0.1) is 0 Å². The number of nitrogens with one attached hydrogen (secondary N) is 1. The lowest BCUT2D eigenvalue weighted by Gasteiger charge is -2.22. The van der Waals surface area contributed by atoms with Gasteiger partial charge in [-0.3, -0.25) is 14.3 Å². The Morgan fingerprint density at radius 2 is 1.81 bits per heavy atom. The van der Waals surface area contributed by atoms with E-state index in [0.29, 0.717) is 30.0 Å². The second-order valence-corrected chi connectivity index (χ2v) is 8.62. The molecular formula is C20H26ClN7O2S. The monoisotopic (exact) mass is 463 g/mol. The third-order valence-corrected chi connectivity index (χ3v) is 6.06. The van der Waals surface area contributed by atoms with Gasteiger partial charge >= 0.3 is 0 Å². The van der Waals surface area contributed by atoms with E-state index in [4.69, 9.17) is 21.1 Å². The predicted octanol–water partition coefficient (Wildman–Crippen LogP) is 3.87. The van der Waals surface area contributed by atoms with Gasteiger partial charge in [0.25, 0.3) is 0 Å². The smallest absolute Gasteiger partial charge is 0.235 e. The van der Waals surface area contributed by atoms with Crippen molar-refractivity contribution >= 4 is 29.5 Å². The molecule has 0 aliphatic carbocycles. The van der Waals surface area contributed by atoms with Crippen molar-refractivity contribution in [2.24, 2.45) is 0 Å². The summed E-state index contributed by atoms with van der Waals surface area (Å²) >= 11 is 7.43. The van der Waals surface area contributed by atoms with Gasteiger partial charge in [0.15, 0.2) is 5.82 Å². The molecule has 1 N–H and O–H groups in total. The molecule has 0 saturated heterocycles. The number of hydrogen-bond donors (Lipinski definition) is 1. The standard InChI is InChI=1S/C20H26ClN7O2S/c1-13(18-23-9-16(21)10-24-18)14(2)31-27-20-26-25-19(15-6-5-7-22-8-15)28(20)17(11-29-3)12-30-4/h5-10,13-14,17H,11-12H2,1-4H3,(H,26,27)/t13?,14-/m0/s1. The fraction of sp³-hybridized carbons (Fsp3) is 0.450. The maximum atomic E-state index is 5.90. The molecule has 1 unspecified atom stereocenters. The lowest BCUT2D eigenvalue weighted by molar-refractivity contribution is 0.0909. The molecule has 0 radical (unpaired) electrons. The molecule has 0 fully saturated rings. The van der Waals surface area contributed by atoms with Crippen LogP contribution in [0.5, 0.6) is 0 Å². The van der Waals surface area contributed by atoms with Gasteiger partial charge in [-0.25, -0.2) is 9.97 Å². The minimum atomic E-state index is -0.115. The number of pyridine rings is 1. The van der Waals surface area contributed by atoms with E-state index in [9.17, 15) is 0 Å². The Kier molecular flexibility index (Phi) is 8.59. The molecule has 0 aromatic carbocycles. The predicted molar refractivity (Wildman–Crippen MR) is 122 cm³/mol. The average Bonchev–Trinajstić information content (AvgIpc) is 3.21. The second-order valence-electron chi connectivity index (χ2n) is 7.00. The largest absolute Gasteiger partial charge is 0.382 e. The van der Waals surface area contributed by atoms with Crippen molar-refractivity contribution in [3.05, 3.63) is 47.8 Å². The molecule has 3 rings (SSSR count). The van der Waals surface area contributed by atoms with E-state index in [-0.39, 0.29) is 17.2 Å². The Hall–Kier alpha value is -2.27. The van der Waals surface area contributed by atoms with E-state index in [1.54, 1.807) is 39.0 Å². The highest BCUT2D eigenvalue weighted by Crippen LogP contribution is 2.30. The van der Waals surface area contributed by atoms with Gasteiger partial charge in [-0.2, -0.15) is 0 Å². The van der Waals surface area contributed by atoms with Crippen LogP contribution >= 0.6 is 23.5 Å². The van der Waals surface area contributed by atoms with Crippen LogP contribution < -0.4 is 4.72 Å². The highest BCUT2D eigenvalue weighted by atomic mass is 35.5. The lowest BCUT2D eigenvalue weighted by Crippen LogP contribution is -2.22. The van der Waals surface area contributed by atoms with Gasteiger partial charge in [-0.1, -0.05) is 25.4 Å². The molecule has 3 heterocycles. The van der Waals surface area contributed by atoms with Crippen LogP contribution in [-0.4, -0.2) is 62.4 Å². The van der Waals surface area contributed by atoms with Gasteiger partial charge in [0.05, 0.1) is 24.3 Å². The average molecular weight is 464 g/mol. The molecule has 2 atom stereocenters. The highest BCUT2D eigenvalue weighted by molar-refractivity contribution is 8.01. The van der Waals surface area contributed by atoms with Gasteiger partial charge in [0, 0.05) is 55.7 Å². The molecular weight excluding hydrogens is 438 g/mol. The van der Waals surface area contributed by atoms with Crippen LogP contribution in [0.2, 0.25) is 5.02 Å². The molecule has 31 heavy (non-hydrogen) atoms. The second kappa shape index (κ2) is 11.4. The van der Waals surface area contributed by atoms with Gasteiger partial charge in [-0.15, -0.1) is 10.2 Å². The maximum Gasteiger partial charge on any atom is 0.235 e. The molecule has 0 bridgehead atoms. The molecule has 0 aliphatic heterocycles. The molecule has 0 spiro atoms. The Labute approximate surface area is 191 Å². The number of halogens is 1. The molecule has 0 amide bonds. The van der Waals surface area contributed by atoms with Crippen LogP contribution in [0.15, 0.2) is 36.9 Å². The molecule has 0 aliphatic rings. The topological polar surface area (TPSA) is 99.9 Å². The number of rotatable bonds is 11. The molecule has 166 valence electrons. The summed E-state index contributed by atoms with van der Waals surface area (Å²) < 4.78 is 16.2. The van der Waals surface area contributed by atoms with Crippen molar-refractivity contribution in [2.75, 3.05) is 32.2 Å². The minimum Gasteiger partial charge on any atom is -0.382 e. The summed E-state index contributed by atoms with van der Waals surface area (Å²) in [5, 5.41) is 9.47. The number of ether oxygens (including phenoxy) is 2. The zero-order chi connectivity index (χ0) is 22.2. The van der Waals surface area contributed by atoms with Crippen LogP contribution in [-0.2, 0) is 9.47 Å². The summed E-state index contributed by atoms with van der Waals surface area (Å²) in [6, 6.07) is 3.70. The van der Waals surface area contributed by atoms with Crippen LogP contribution in [0.25, 0.3) is 11.4 Å². The molecule has 11 heteroatoms. The number of anilines is 1.